The highest BCUT2D eigenvalue weighted by molar-refractivity contribution is 7.84. The van der Waals surface area contributed by atoms with E-state index in [1.807, 2.05) is 49.1 Å². The number of hydrogen-bond donors (Lipinski definition) is 1. The summed E-state index contributed by atoms with van der Waals surface area (Å²) in [5.41, 5.74) is 0.537. The van der Waals surface area contributed by atoms with Crippen LogP contribution in [0.5, 0.6) is 0 Å². The van der Waals surface area contributed by atoms with Crippen LogP contribution in [0.4, 0.5) is 0 Å². The van der Waals surface area contributed by atoms with Crippen molar-refractivity contribution in [1.82, 2.24) is 10.2 Å². The lowest BCUT2D eigenvalue weighted by atomic mass is 9.99. The van der Waals surface area contributed by atoms with E-state index in [4.69, 9.17) is 0 Å². The molecule has 1 aliphatic rings. The molecule has 0 aliphatic carbocycles. The smallest absolute Gasteiger partial charge is 0.244 e. The Kier molecular flexibility index (Phi) is 4.60. The lowest BCUT2D eigenvalue weighted by Crippen LogP contribution is -2.43. The predicted octanol–water partition coefficient (Wildman–Crippen LogP) is 1.66. The molecule has 5 heteroatoms. The van der Waals surface area contributed by atoms with Crippen LogP contribution in [0.25, 0.3) is 0 Å². The van der Waals surface area contributed by atoms with Gasteiger partial charge in [-0.05, 0) is 18.9 Å². The third-order valence-electron chi connectivity index (χ3n) is 3.94. The van der Waals surface area contributed by atoms with Crippen LogP contribution in [-0.2, 0) is 15.6 Å². The summed E-state index contributed by atoms with van der Waals surface area (Å²) in [6.07, 6.45) is 2.28. The summed E-state index contributed by atoms with van der Waals surface area (Å²) in [6, 6.07) is 9.94. The summed E-state index contributed by atoms with van der Waals surface area (Å²) in [5.74, 6) is 0.607. The van der Waals surface area contributed by atoms with Gasteiger partial charge in [0, 0.05) is 29.4 Å². The van der Waals surface area contributed by atoms with E-state index in [9.17, 15) is 9.00 Å². The molecule has 2 rings (SSSR count). The summed E-state index contributed by atoms with van der Waals surface area (Å²) in [5, 5.41) is 3.43. The van der Waals surface area contributed by atoms with Crippen LogP contribution in [0.2, 0.25) is 0 Å². The topological polar surface area (TPSA) is 49.4 Å². The minimum Gasteiger partial charge on any atom is -0.320 e. The van der Waals surface area contributed by atoms with Gasteiger partial charge in [-0.3, -0.25) is 14.3 Å². The Morgan fingerprint density at radius 2 is 2.00 bits per heavy atom. The molecule has 1 aromatic rings. The summed E-state index contributed by atoms with van der Waals surface area (Å²) < 4.78 is 11.3. The largest absolute Gasteiger partial charge is 0.320 e. The molecule has 0 saturated carbocycles. The average molecular weight is 294 g/mol. The van der Waals surface area contributed by atoms with Gasteiger partial charge in [-0.15, -0.1) is 0 Å². The summed E-state index contributed by atoms with van der Waals surface area (Å²) in [7, 11) is -0.896. The minimum atomic E-state index is -0.896. The normalized spacial score (nSPS) is 27.9. The molecular weight excluding hydrogens is 272 g/mol. The van der Waals surface area contributed by atoms with Gasteiger partial charge in [0.05, 0.1) is 5.54 Å². The van der Waals surface area contributed by atoms with E-state index in [0.29, 0.717) is 12.3 Å². The Labute approximate surface area is 123 Å². The quantitative estimate of drug-likeness (QED) is 0.898. The Bertz CT molecular complexity index is 506. The average Bonchev–Trinajstić information content (AvgIpc) is 2.71. The maximum Gasteiger partial charge on any atom is 0.244 e. The number of hydrogen-bond acceptors (Lipinski definition) is 3. The van der Waals surface area contributed by atoms with E-state index in [-0.39, 0.29) is 12.1 Å². The summed E-state index contributed by atoms with van der Waals surface area (Å²) in [4.78, 5) is 14.4. The molecule has 110 valence electrons. The van der Waals surface area contributed by atoms with Crippen LogP contribution in [0.15, 0.2) is 30.3 Å². The molecule has 0 bridgehead atoms. The van der Waals surface area contributed by atoms with Gasteiger partial charge in [0.1, 0.15) is 6.17 Å². The molecule has 0 aromatic heterocycles. The standard InChI is InChI=1S/C15H22N2O2S/c1-4-15(2)14(18)17(10-11-20(3)19)13(16-15)12-8-6-5-7-9-12/h5-9,13,16H,4,10-11H2,1-3H3. The van der Waals surface area contributed by atoms with Crippen molar-refractivity contribution in [3.8, 4) is 0 Å². The fraction of sp³-hybridized carbons (Fsp3) is 0.533. The second-order valence-corrected chi connectivity index (χ2v) is 6.97. The van der Waals surface area contributed by atoms with Crippen molar-refractivity contribution < 1.29 is 9.00 Å². The molecule has 1 fully saturated rings. The van der Waals surface area contributed by atoms with E-state index >= 15 is 0 Å². The first-order chi connectivity index (χ1) is 9.48. The highest BCUT2D eigenvalue weighted by Crippen LogP contribution is 2.32. The van der Waals surface area contributed by atoms with Gasteiger partial charge >= 0.3 is 0 Å². The highest BCUT2D eigenvalue weighted by atomic mass is 32.2. The Morgan fingerprint density at radius 3 is 2.55 bits per heavy atom. The Morgan fingerprint density at radius 1 is 1.35 bits per heavy atom. The lowest BCUT2D eigenvalue weighted by molar-refractivity contribution is -0.132. The van der Waals surface area contributed by atoms with Crippen LogP contribution in [0, 0.1) is 0 Å². The van der Waals surface area contributed by atoms with Crippen molar-refractivity contribution in [2.75, 3.05) is 18.6 Å². The minimum absolute atomic E-state index is 0.0966. The van der Waals surface area contributed by atoms with Gasteiger partial charge in [0.25, 0.3) is 0 Å². The Hall–Kier alpha value is -1.20. The van der Waals surface area contributed by atoms with Crippen molar-refractivity contribution in [2.45, 2.75) is 32.0 Å². The maximum atomic E-state index is 12.6. The summed E-state index contributed by atoms with van der Waals surface area (Å²) >= 11 is 0. The fourth-order valence-corrected chi connectivity index (χ4v) is 2.94. The van der Waals surface area contributed by atoms with Gasteiger partial charge in [0.15, 0.2) is 0 Å². The second kappa shape index (κ2) is 6.06. The zero-order chi connectivity index (χ0) is 14.8. The molecule has 0 spiro atoms. The molecule has 20 heavy (non-hydrogen) atoms. The van der Waals surface area contributed by atoms with Crippen LogP contribution < -0.4 is 5.32 Å². The van der Waals surface area contributed by atoms with Crippen LogP contribution >= 0.6 is 0 Å². The SMILES string of the molecule is CCC1(C)NC(c2ccccc2)N(CCS(C)=O)C1=O. The first-order valence-electron chi connectivity index (χ1n) is 6.91. The van der Waals surface area contributed by atoms with Crippen molar-refractivity contribution in [3.63, 3.8) is 0 Å². The number of nitrogens with zero attached hydrogens (tertiary/aromatic N) is 1. The van der Waals surface area contributed by atoms with Gasteiger partial charge in [-0.25, -0.2) is 0 Å². The van der Waals surface area contributed by atoms with Crippen molar-refractivity contribution >= 4 is 16.7 Å². The van der Waals surface area contributed by atoms with Crippen molar-refractivity contribution in [3.05, 3.63) is 35.9 Å². The van der Waals surface area contributed by atoms with Crippen LogP contribution in [0.3, 0.4) is 0 Å². The number of rotatable bonds is 5. The second-order valence-electron chi connectivity index (χ2n) is 5.42. The first-order valence-corrected chi connectivity index (χ1v) is 8.64. The number of benzene rings is 1. The summed E-state index contributed by atoms with van der Waals surface area (Å²) in [6.45, 7) is 4.46. The molecule has 1 aliphatic heterocycles. The molecule has 4 nitrogen and oxygen atoms in total. The third-order valence-corrected chi connectivity index (χ3v) is 4.70. The lowest BCUT2D eigenvalue weighted by Gasteiger charge is -2.24. The molecule has 1 heterocycles. The number of carbonyl (C=O) groups excluding carboxylic acids is 1. The third kappa shape index (κ3) is 2.94. The zero-order valence-electron chi connectivity index (χ0n) is 12.3. The van der Waals surface area contributed by atoms with E-state index < -0.39 is 16.3 Å². The van der Waals surface area contributed by atoms with Gasteiger partial charge in [-0.1, -0.05) is 37.3 Å². The van der Waals surface area contributed by atoms with Gasteiger partial charge < -0.3 is 4.90 Å². The van der Waals surface area contributed by atoms with Crippen LogP contribution in [0.1, 0.15) is 32.0 Å². The number of amides is 1. The first kappa shape index (κ1) is 15.2. The molecule has 0 radical (unpaired) electrons. The van der Waals surface area contributed by atoms with Gasteiger partial charge in [-0.2, -0.15) is 0 Å². The number of nitrogens with one attached hydrogen (secondary N) is 1. The molecule has 3 atom stereocenters. The molecule has 1 saturated heterocycles. The Balaban J connectivity index is 2.27. The monoisotopic (exact) mass is 294 g/mol. The maximum absolute atomic E-state index is 12.6. The molecule has 1 aromatic carbocycles. The van der Waals surface area contributed by atoms with Crippen LogP contribution in [-0.4, -0.2) is 39.1 Å². The van der Waals surface area contributed by atoms with E-state index in [0.717, 1.165) is 12.0 Å². The zero-order valence-corrected chi connectivity index (χ0v) is 13.1. The highest BCUT2D eigenvalue weighted by Gasteiger charge is 2.46. The molecule has 1 amide bonds. The predicted molar refractivity (Wildman–Crippen MR) is 81.7 cm³/mol. The number of carbonyl (C=O) groups is 1. The van der Waals surface area contributed by atoms with E-state index in [2.05, 4.69) is 5.32 Å². The molecule has 1 N–H and O–H groups in total. The fourth-order valence-electron chi connectivity index (χ4n) is 2.49. The molecule has 3 unspecified atom stereocenters. The molecular formula is C15H22N2O2S. The van der Waals surface area contributed by atoms with Gasteiger partial charge in [0.2, 0.25) is 5.91 Å². The van der Waals surface area contributed by atoms with Crippen molar-refractivity contribution in [1.29, 1.82) is 0 Å². The van der Waals surface area contributed by atoms with E-state index in [1.165, 1.54) is 0 Å². The van der Waals surface area contributed by atoms with E-state index in [1.54, 1.807) is 6.26 Å². The van der Waals surface area contributed by atoms with Crippen molar-refractivity contribution in [2.24, 2.45) is 0 Å².